The summed E-state index contributed by atoms with van der Waals surface area (Å²) in [4.78, 5) is 12.6. The predicted molar refractivity (Wildman–Crippen MR) is 91.6 cm³/mol. The van der Waals surface area contributed by atoms with E-state index < -0.39 is 0 Å². The Morgan fingerprint density at radius 2 is 2.04 bits per heavy atom. The van der Waals surface area contributed by atoms with E-state index in [0.717, 1.165) is 23.4 Å². The molecule has 1 aromatic carbocycles. The molecular weight excluding hydrogens is 288 g/mol. The lowest BCUT2D eigenvalue weighted by atomic mass is 10.1. The maximum atomic E-state index is 12.6. The van der Waals surface area contributed by atoms with E-state index in [1.807, 2.05) is 50.2 Å². The van der Waals surface area contributed by atoms with Gasteiger partial charge in [0.1, 0.15) is 5.75 Å². The minimum atomic E-state index is -0.0982. The van der Waals surface area contributed by atoms with Crippen molar-refractivity contribution >= 4 is 0 Å². The van der Waals surface area contributed by atoms with Crippen LogP contribution in [0.4, 0.5) is 0 Å². The average Bonchev–Trinajstić information content (AvgIpc) is 2.54. The Morgan fingerprint density at radius 1 is 1.26 bits per heavy atom. The second-order valence-corrected chi connectivity index (χ2v) is 5.72. The maximum absolute atomic E-state index is 12.6. The summed E-state index contributed by atoms with van der Waals surface area (Å²) < 4.78 is 7.42. The topological polar surface area (TPSA) is 55.0 Å². The van der Waals surface area contributed by atoms with Gasteiger partial charge >= 0.3 is 0 Å². The minimum Gasteiger partial charge on any atom is -0.494 e. The number of nitrogens with zero attached hydrogens (tertiary/aromatic N) is 2. The second kappa shape index (κ2) is 7.64. The van der Waals surface area contributed by atoms with Crippen molar-refractivity contribution in [3.05, 3.63) is 52.3 Å². The smallest absolute Gasteiger partial charge is 0.255 e. The molecular formula is C19H22N2O2. The van der Waals surface area contributed by atoms with E-state index in [1.165, 1.54) is 0 Å². The zero-order valence-corrected chi connectivity index (χ0v) is 13.9. The zero-order valence-electron chi connectivity index (χ0n) is 13.9. The van der Waals surface area contributed by atoms with Crippen molar-refractivity contribution in [1.82, 2.24) is 4.57 Å². The molecule has 4 heteroatoms. The van der Waals surface area contributed by atoms with E-state index >= 15 is 0 Å². The van der Waals surface area contributed by atoms with Gasteiger partial charge in [-0.05, 0) is 38.5 Å². The minimum absolute atomic E-state index is 0.0105. The SMILES string of the molecule is CCCOc1cccc(-c2ccc(CC#N)c(=O)n2C(C)C)c1. The summed E-state index contributed by atoms with van der Waals surface area (Å²) in [6.45, 7) is 6.67. The predicted octanol–water partition coefficient (Wildman–Crippen LogP) is 3.95. The number of hydrogen-bond acceptors (Lipinski definition) is 3. The first-order valence-electron chi connectivity index (χ1n) is 7.93. The number of ether oxygens (including phenoxy) is 1. The molecule has 0 fully saturated rings. The van der Waals surface area contributed by atoms with Crippen LogP contribution in [0.1, 0.15) is 38.8 Å². The normalized spacial score (nSPS) is 10.6. The van der Waals surface area contributed by atoms with Gasteiger partial charge in [0, 0.05) is 17.2 Å². The summed E-state index contributed by atoms with van der Waals surface area (Å²) in [6.07, 6.45) is 1.08. The van der Waals surface area contributed by atoms with Gasteiger partial charge in [-0.15, -0.1) is 0 Å². The van der Waals surface area contributed by atoms with Crippen LogP contribution in [0.3, 0.4) is 0 Å². The molecule has 0 radical (unpaired) electrons. The summed E-state index contributed by atoms with van der Waals surface area (Å²) in [6, 6.07) is 13.5. The first kappa shape index (κ1) is 16.8. The molecule has 23 heavy (non-hydrogen) atoms. The van der Waals surface area contributed by atoms with Gasteiger partial charge in [-0.1, -0.05) is 25.1 Å². The summed E-state index contributed by atoms with van der Waals surface area (Å²) in [5.74, 6) is 0.799. The summed E-state index contributed by atoms with van der Waals surface area (Å²) in [5.41, 5.74) is 2.21. The highest BCUT2D eigenvalue weighted by molar-refractivity contribution is 5.62. The molecule has 0 aliphatic heterocycles. The van der Waals surface area contributed by atoms with E-state index in [9.17, 15) is 4.79 Å². The lowest BCUT2D eigenvalue weighted by Crippen LogP contribution is -2.26. The monoisotopic (exact) mass is 310 g/mol. The third-order valence-electron chi connectivity index (χ3n) is 3.58. The molecule has 0 aliphatic carbocycles. The highest BCUT2D eigenvalue weighted by atomic mass is 16.5. The van der Waals surface area contributed by atoms with Gasteiger partial charge in [0.05, 0.1) is 24.8 Å². The van der Waals surface area contributed by atoms with Crippen LogP contribution >= 0.6 is 0 Å². The van der Waals surface area contributed by atoms with E-state index in [0.29, 0.717) is 12.2 Å². The fraction of sp³-hybridized carbons (Fsp3) is 0.368. The second-order valence-electron chi connectivity index (χ2n) is 5.72. The largest absolute Gasteiger partial charge is 0.494 e. The molecule has 0 atom stereocenters. The van der Waals surface area contributed by atoms with Crippen LogP contribution in [-0.4, -0.2) is 11.2 Å². The summed E-state index contributed by atoms with van der Waals surface area (Å²) >= 11 is 0. The van der Waals surface area contributed by atoms with Gasteiger partial charge in [0.2, 0.25) is 0 Å². The number of rotatable bonds is 6. The van der Waals surface area contributed by atoms with E-state index in [4.69, 9.17) is 10.00 Å². The lowest BCUT2D eigenvalue weighted by molar-refractivity contribution is 0.317. The Bertz CT molecular complexity index is 770. The average molecular weight is 310 g/mol. The number of benzene rings is 1. The van der Waals surface area contributed by atoms with Gasteiger partial charge in [-0.3, -0.25) is 4.79 Å². The molecule has 2 rings (SSSR count). The van der Waals surface area contributed by atoms with E-state index in [2.05, 4.69) is 6.92 Å². The molecule has 0 saturated heterocycles. The Kier molecular flexibility index (Phi) is 5.59. The molecule has 2 aromatic rings. The number of nitriles is 1. The molecule has 1 heterocycles. The van der Waals surface area contributed by atoms with Crippen LogP contribution in [-0.2, 0) is 6.42 Å². The first-order chi connectivity index (χ1) is 11.1. The number of hydrogen-bond donors (Lipinski definition) is 0. The molecule has 0 amide bonds. The van der Waals surface area contributed by atoms with Crippen molar-refractivity contribution in [3.63, 3.8) is 0 Å². The third kappa shape index (κ3) is 3.81. The van der Waals surface area contributed by atoms with Crippen molar-refractivity contribution in [2.75, 3.05) is 6.61 Å². The molecule has 0 unspecified atom stereocenters. The molecule has 0 bridgehead atoms. The van der Waals surface area contributed by atoms with Gasteiger partial charge in [0.25, 0.3) is 5.56 Å². The molecule has 120 valence electrons. The first-order valence-corrected chi connectivity index (χ1v) is 7.93. The summed E-state index contributed by atoms with van der Waals surface area (Å²) in [7, 11) is 0. The van der Waals surface area contributed by atoms with Gasteiger partial charge in [-0.25, -0.2) is 0 Å². The van der Waals surface area contributed by atoms with Crippen LogP contribution < -0.4 is 10.3 Å². The summed E-state index contributed by atoms with van der Waals surface area (Å²) in [5, 5.41) is 8.86. The number of pyridine rings is 1. The van der Waals surface area contributed by atoms with E-state index in [1.54, 1.807) is 10.6 Å². The van der Waals surface area contributed by atoms with Crippen LogP contribution in [0.5, 0.6) is 5.75 Å². The van der Waals surface area contributed by atoms with Crippen LogP contribution in [0.25, 0.3) is 11.3 Å². The van der Waals surface area contributed by atoms with Crippen molar-refractivity contribution in [2.45, 2.75) is 39.7 Å². The zero-order chi connectivity index (χ0) is 16.8. The maximum Gasteiger partial charge on any atom is 0.255 e. The van der Waals surface area contributed by atoms with Gasteiger partial charge < -0.3 is 9.30 Å². The molecule has 0 spiro atoms. The Morgan fingerprint density at radius 3 is 2.70 bits per heavy atom. The Balaban J connectivity index is 2.53. The van der Waals surface area contributed by atoms with Crippen molar-refractivity contribution in [1.29, 1.82) is 5.26 Å². The van der Waals surface area contributed by atoms with Gasteiger partial charge in [0.15, 0.2) is 0 Å². The molecule has 1 aromatic heterocycles. The molecule has 0 N–H and O–H groups in total. The molecule has 4 nitrogen and oxygen atoms in total. The highest BCUT2D eigenvalue weighted by Gasteiger charge is 2.13. The number of aromatic nitrogens is 1. The van der Waals surface area contributed by atoms with Crippen molar-refractivity contribution < 1.29 is 4.74 Å². The lowest BCUT2D eigenvalue weighted by Gasteiger charge is -2.18. The van der Waals surface area contributed by atoms with Crippen LogP contribution in [0.2, 0.25) is 0 Å². The van der Waals surface area contributed by atoms with Gasteiger partial charge in [-0.2, -0.15) is 5.26 Å². The van der Waals surface area contributed by atoms with Crippen LogP contribution in [0, 0.1) is 11.3 Å². The Labute approximate surface area is 137 Å². The molecule has 0 aliphatic rings. The van der Waals surface area contributed by atoms with Crippen LogP contribution in [0.15, 0.2) is 41.2 Å². The fourth-order valence-electron chi connectivity index (χ4n) is 2.53. The standard InChI is InChI=1S/C19H22N2O2/c1-4-12-23-17-7-5-6-16(13-17)18-9-8-15(10-11-20)19(22)21(18)14(2)3/h5-9,13-14H,4,10,12H2,1-3H3. The van der Waals surface area contributed by atoms with E-state index in [-0.39, 0.29) is 18.0 Å². The van der Waals surface area contributed by atoms with Crippen molar-refractivity contribution in [3.8, 4) is 23.1 Å². The quantitative estimate of drug-likeness (QED) is 0.811. The van der Waals surface area contributed by atoms with Crippen molar-refractivity contribution in [2.24, 2.45) is 0 Å². The Hall–Kier alpha value is -2.54. The third-order valence-corrected chi connectivity index (χ3v) is 3.58. The fourth-order valence-corrected chi connectivity index (χ4v) is 2.53. The highest BCUT2D eigenvalue weighted by Crippen LogP contribution is 2.25. The molecule has 0 saturated carbocycles.